The van der Waals surface area contributed by atoms with Crippen molar-refractivity contribution in [2.24, 2.45) is 0 Å². The molecular weight excluding hydrogens is 60.0 g/mol. The summed E-state index contributed by atoms with van der Waals surface area (Å²) in [7, 11) is 0. The van der Waals surface area contributed by atoms with Crippen LogP contribution in [0.2, 0.25) is 0 Å². The minimum atomic E-state index is -1.58. The van der Waals surface area contributed by atoms with E-state index in [1.807, 2.05) is 0 Å². The van der Waals surface area contributed by atoms with E-state index in [1.54, 1.807) is 0 Å². The smallest absolute Gasteiger partial charge is 0.337 e. The Morgan fingerprint density at radius 1 is 1.00 bits per heavy atom. The summed E-state index contributed by atoms with van der Waals surface area (Å²) in [5, 5.41) is 21.2. The van der Waals surface area contributed by atoms with Crippen molar-refractivity contribution in [3.8, 4) is 0 Å². The maximum atomic E-state index is 7.08. The van der Waals surface area contributed by atoms with Crippen molar-refractivity contribution in [2.75, 3.05) is 0 Å². The molecule has 1 radical (unpaired) electrons. The minimum Gasteiger partial charge on any atom is -0.337 e. The van der Waals surface area contributed by atoms with E-state index < -0.39 is 6.48 Å². The Morgan fingerprint density at radius 2 is 1.00 bits per heavy atom. The molecule has 3 N–H and O–H groups in total. The van der Waals surface area contributed by atoms with Crippen LogP contribution in [0, 0.1) is 6.48 Å². The fourth-order valence-electron chi connectivity index (χ4n) is 0. The summed E-state index contributed by atoms with van der Waals surface area (Å²) in [5.74, 6) is 0. The number of hydrogen-bond acceptors (Lipinski definition) is 3. The second-order valence-electron chi connectivity index (χ2n) is 0.300. The number of hydrogen-bond donors (Lipinski definition) is 3. The van der Waals surface area contributed by atoms with Gasteiger partial charge in [-0.15, -0.1) is 0 Å². The molecule has 0 bridgehead atoms. The molecule has 0 fully saturated rings. The first-order valence-corrected chi connectivity index (χ1v) is 0.671. The molecule has 0 amide bonds. The predicted octanol–water partition coefficient (Wildman–Crippen LogP) is -0.449. The van der Waals surface area contributed by atoms with Crippen LogP contribution in [0.15, 0.2) is 0 Å². The summed E-state index contributed by atoms with van der Waals surface area (Å²) in [6.45, 7) is -1.58. The minimum absolute atomic E-state index is 1.58. The van der Waals surface area contributed by atoms with Crippen LogP contribution in [-0.2, 0) is 0 Å². The lowest BCUT2D eigenvalue weighted by molar-refractivity contribution is -0.0776. The van der Waals surface area contributed by atoms with E-state index in [1.165, 1.54) is 0 Å². The molecule has 0 atom stereocenters. The first-order chi connectivity index (χ1) is 1.73. The monoisotopic (exact) mass is 63.0 g/mol. The lowest BCUT2D eigenvalue weighted by Gasteiger charge is -1.75. The third-order valence-electron chi connectivity index (χ3n) is 0. The van der Waals surface area contributed by atoms with Crippen LogP contribution in [-0.4, -0.2) is 15.3 Å². The molecule has 0 unspecified atom stereocenters. The Balaban J connectivity index is 2.32. The quantitative estimate of drug-likeness (QED) is 0.357. The molecule has 0 saturated carbocycles. The average Bonchev–Trinajstić information content (AvgIpc) is 0.811. The van der Waals surface area contributed by atoms with E-state index in [-0.39, 0.29) is 0 Å². The Hall–Kier alpha value is -0.120. The van der Waals surface area contributed by atoms with Crippen molar-refractivity contribution in [2.45, 2.75) is 0 Å². The summed E-state index contributed by atoms with van der Waals surface area (Å²) < 4.78 is 0. The SMILES string of the molecule is O[C](O)O. The van der Waals surface area contributed by atoms with E-state index in [4.69, 9.17) is 15.3 Å². The van der Waals surface area contributed by atoms with Gasteiger partial charge >= 0.3 is 6.48 Å². The van der Waals surface area contributed by atoms with Gasteiger partial charge in [0.05, 0.1) is 0 Å². The third kappa shape index (κ3) is 101. The Bertz CT molecular complexity index is 8.00. The van der Waals surface area contributed by atoms with Crippen LogP contribution < -0.4 is 0 Å². The van der Waals surface area contributed by atoms with Crippen molar-refractivity contribution in [3.63, 3.8) is 0 Å². The number of rotatable bonds is 0. The molecule has 0 aliphatic heterocycles. The topological polar surface area (TPSA) is 60.7 Å². The third-order valence-corrected chi connectivity index (χ3v) is 0. The Morgan fingerprint density at radius 3 is 1.00 bits per heavy atom. The van der Waals surface area contributed by atoms with Gasteiger partial charge in [-0.05, 0) is 0 Å². The molecule has 0 heterocycles. The van der Waals surface area contributed by atoms with Crippen molar-refractivity contribution in [1.29, 1.82) is 0 Å². The maximum absolute atomic E-state index is 7.08. The molecule has 0 aromatic heterocycles. The second kappa shape index (κ2) is 1.23. The zero-order valence-corrected chi connectivity index (χ0v) is 1.84. The van der Waals surface area contributed by atoms with Crippen molar-refractivity contribution < 1.29 is 15.3 Å². The Kier molecular flexibility index (Phi) is 1.19. The molecule has 0 aliphatic carbocycles. The van der Waals surface area contributed by atoms with E-state index in [0.29, 0.717) is 0 Å². The lowest BCUT2D eigenvalue weighted by atomic mass is 11.4. The highest BCUT2D eigenvalue weighted by molar-refractivity contribution is 4.15. The first-order valence-electron chi connectivity index (χ1n) is 0.671. The van der Waals surface area contributed by atoms with Gasteiger partial charge in [0.2, 0.25) is 0 Å². The largest absolute Gasteiger partial charge is 0.362 e. The number of aliphatic hydroxyl groups excluding tert-OH is 1. The van der Waals surface area contributed by atoms with Gasteiger partial charge in [-0.2, -0.15) is 0 Å². The Labute approximate surface area is 23.1 Å². The van der Waals surface area contributed by atoms with Crippen LogP contribution in [0.3, 0.4) is 0 Å². The molecular formula is CH3O3. The zero-order chi connectivity index (χ0) is 3.58. The summed E-state index contributed by atoms with van der Waals surface area (Å²) >= 11 is 0. The van der Waals surface area contributed by atoms with Gasteiger partial charge < -0.3 is 15.3 Å². The zero-order valence-electron chi connectivity index (χ0n) is 1.84. The molecule has 0 aromatic carbocycles. The number of aliphatic hydroxyl groups is 3. The molecule has 0 rings (SSSR count). The average molecular weight is 63.0 g/mol. The molecule has 0 spiro atoms. The standard InChI is InChI=1S/CH3O3/c2-1(3)4/h2-4H. The van der Waals surface area contributed by atoms with Gasteiger partial charge in [0, 0.05) is 0 Å². The van der Waals surface area contributed by atoms with Crippen LogP contribution in [0.5, 0.6) is 0 Å². The van der Waals surface area contributed by atoms with E-state index in [2.05, 4.69) is 0 Å². The molecule has 4 heavy (non-hydrogen) atoms. The fourth-order valence-corrected chi connectivity index (χ4v) is 0. The van der Waals surface area contributed by atoms with Crippen molar-refractivity contribution >= 4 is 0 Å². The molecule has 25 valence electrons. The van der Waals surface area contributed by atoms with Crippen LogP contribution in [0.4, 0.5) is 0 Å². The van der Waals surface area contributed by atoms with Crippen molar-refractivity contribution in [3.05, 3.63) is 6.48 Å². The van der Waals surface area contributed by atoms with E-state index in [0.717, 1.165) is 0 Å². The molecule has 0 aliphatic rings. The van der Waals surface area contributed by atoms with Gasteiger partial charge in [0.1, 0.15) is 0 Å². The molecule has 0 aromatic rings. The van der Waals surface area contributed by atoms with Gasteiger partial charge in [0.25, 0.3) is 0 Å². The van der Waals surface area contributed by atoms with Gasteiger partial charge in [-0.1, -0.05) is 0 Å². The summed E-state index contributed by atoms with van der Waals surface area (Å²) in [4.78, 5) is 0. The van der Waals surface area contributed by atoms with Gasteiger partial charge in [0.15, 0.2) is 0 Å². The molecule has 3 heteroatoms. The van der Waals surface area contributed by atoms with Crippen LogP contribution in [0.1, 0.15) is 0 Å². The van der Waals surface area contributed by atoms with Crippen LogP contribution >= 0.6 is 0 Å². The van der Waals surface area contributed by atoms with Gasteiger partial charge in [-0.3, -0.25) is 0 Å². The van der Waals surface area contributed by atoms with Crippen molar-refractivity contribution in [1.82, 2.24) is 0 Å². The highest BCUT2D eigenvalue weighted by Gasteiger charge is 1.78. The summed E-state index contributed by atoms with van der Waals surface area (Å²) in [5.41, 5.74) is 0. The lowest BCUT2D eigenvalue weighted by Crippen LogP contribution is -1.84. The summed E-state index contributed by atoms with van der Waals surface area (Å²) in [6.07, 6.45) is 0. The first kappa shape index (κ1) is 3.88. The molecule has 3 nitrogen and oxygen atoms in total. The fraction of sp³-hybridized carbons (Fsp3) is 0. The predicted molar refractivity (Wildman–Crippen MR) is 9.05 cm³/mol. The van der Waals surface area contributed by atoms with E-state index in [9.17, 15) is 0 Å². The highest BCUT2D eigenvalue weighted by Crippen LogP contribution is 1.64. The highest BCUT2D eigenvalue weighted by atomic mass is 16.6. The maximum Gasteiger partial charge on any atom is 0.362 e. The van der Waals surface area contributed by atoms with Crippen LogP contribution in [0.25, 0.3) is 0 Å². The van der Waals surface area contributed by atoms with E-state index >= 15 is 0 Å². The summed E-state index contributed by atoms with van der Waals surface area (Å²) in [6, 6.07) is 0. The molecule has 0 saturated heterocycles. The van der Waals surface area contributed by atoms with Gasteiger partial charge in [-0.25, -0.2) is 0 Å². The normalized spacial score (nSPS) is 9.00. The second-order valence-corrected chi connectivity index (χ2v) is 0.300.